The molecule has 0 atom stereocenters. The van der Waals surface area contributed by atoms with Gasteiger partial charge in [-0.1, -0.05) is 24.3 Å². The number of amides is 1. The van der Waals surface area contributed by atoms with Crippen LogP contribution in [0, 0.1) is 10.1 Å². The van der Waals surface area contributed by atoms with Gasteiger partial charge in [0.15, 0.2) is 0 Å². The van der Waals surface area contributed by atoms with Gasteiger partial charge in [0.25, 0.3) is 11.6 Å². The number of non-ortho nitro benzene ring substituents is 1. The molecule has 0 saturated heterocycles. The van der Waals surface area contributed by atoms with E-state index in [0.29, 0.717) is 5.56 Å². The molecule has 0 fully saturated rings. The van der Waals surface area contributed by atoms with Gasteiger partial charge in [-0.15, -0.1) is 0 Å². The summed E-state index contributed by atoms with van der Waals surface area (Å²) >= 11 is 0. The van der Waals surface area contributed by atoms with Crippen molar-refractivity contribution in [2.24, 2.45) is 0 Å². The highest BCUT2D eigenvalue weighted by molar-refractivity contribution is 5.93. The number of carbonyl (C=O) groups is 1. The summed E-state index contributed by atoms with van der Waals surface area (Å²) in [7, 11) is 3.64. The maximum atomic E-state index is 11.5. The van der Waals surface area contributed by atoms with E-state index < -0.39 is 4.92 Å². The molecule has 0 heterocycles. The minimum Gasteiger partial charge on any atom is -0.355 e. The topological polar surface area (TPSA) is 75.5 Å². The van der Waals surface area contributed by atoms with Crippen LogP contribution in [0.5, 0.6) is 0 Å². The van der Waals surface area contributed by atoms with Crippen molar-refractivity contribution >= 4 is 11.6 Å². The van der Waals surface area contributed by atoms with E-state index in [1.54, 1.807) is 19.2 Å². The summed E-state index contributed by atoms with van der Waals surface area (Å²) < 4.78 is 0. The molecule has 126 valence electrons. The molecule has 2 aromatic carbocycles. The molecule has 1 N–H and O–H groups in total. The van der Waals surface area contributed by atoms with E-state index in [2.05, 4.69) is 10.2 Å². The molecule has 0 unspecified atom stereocenters. The van der Waals surface area contributed by atoms with Crippen LogP contribution in [0.1, 0.15) is 21.5 Å². The summed E-state index contributed by atoms with van der Waals surface area (Å²) in [5.41, 5.74) is 2.97. The Hall–Kier alpha value is -2.73. The highest BCUT2D eigenvalue weighted by atomic mass is 16.6. The van der Waals surface area contributed by atoms with Crippen molar-refractivity contribution < 1.29 is 9.72 Å². The van der Waals surface area contributed by atoms with Crippen LogP contribution >= 0.6 is 0 Å². The van der Waals surface area contributed by atoms with Crippen molar-refractivity contribution in [2.75, 3.05) is 20.6 Å². The quantitative estimate of drug-likeness (QED) is 0.626. The molecule has 0 aromatic heterocycles. The fourth-order valence-electron chi connectivity index (χ4n) is 2.40. The third kappa shape index (κ3) is 4.89. The Labute approximate surface area is 141 Å². The molecule has 0 aliphatic heterocycles. The smallest absolute Gasteiger partial charge is 0.269 e. The molecule has 0 bridgehead atoms. The van der Waals surface area contributed by atoms with Crippen LogP contribution < -0.4 is 5.32 Å². The van der Waals surface area contributed by atoms with Gasteiger partial charge in [-0.25, -0.2) is 0 Å². The Morgan fingerprint density at radius 2 is 1.67 bits per heavy atom. The first-order chi connectivity index (χ1) is 11.5. The fourth-order valence-corrected chi connectivity index (χ4v) is 2.40. The zero-order chi connectivity index (χ0) is 17.5. The second kappa shape index (κ2) is 8.21. The van der Waals surface area contributed by atoms with E-state index >= 15 is 0 Å². The molecule has 0 saturated carbocycles. The minimum absolute atomic E-state index is 0.0897. The molecule has 2 aromatic rings. The summed E-state index contributed by atoms with van der Waals surface area (Å²) in [5.74, 6) is -0.0897. The first-order valence-electron chi connectivity index (χ1n) is 7.72. The maximum Gasteiger partial charge on any atom is 0.269 e. The molecule has 0 radical (unpaired) electrons. The number of rotatable bonds is 7. The zero-order valence-corrected chi connectivity index (χ0v) is 13.9. The molecule has 6 heteroatoms. The zero-order valence-electron chi connectivity index (χ0n) is 13.9. The van der Waals surface area contributed by atoms with Crippen molar-refractivity contribution in [3.63, 3.8) is 0 Å². The molecule has 6 nitrogen and oxygen atoms in total. The normalized spacial score (nSPS) is 10.6. The number of nitrogens with one attached hydrogen (secondary N) is 1. The summed E-state index contributed by atoms with van der Waals surface area (Å²) in [6, 6.07) is 14.2. The Bertz CT molecular complexity index is 696. The van der Waals surface area contributed by atoms with Gasteiger partial charge < -0.3 is 10.2 Å². The van der Waals surface area contributed by atoms with Gasteiger partial charge in [0.05, 0.1) is 4.92 Å². The lowest BCUT2D eigenvalue weighted by atomic mass is 10.1. The van der Waals surface area contributed by atoms with Gasteiger partial charge in [0, 0.05) is 37.8 Å². The lowest BCUT2D eigenvalue weighted by Crippen LogP contribution is -2.21. The van der Waals surface area contributed by atoms with E-state index in [1.807, 2.05) is 31.3 Å². The number of nitro benzene ring substituents is 1. The molecule has 24 heavy (non-hydrogen) atoms. The molecule has 0 aliphatic carbocycles. The van der Waals surface area contributed by atoms with Gasteiger partial charge in [0.2, 0.25) is 0 Å². The van der Waals surface area contributed by atoms with Crippen LogP contribution in [0.3, 0.4) is 0 Å². The average molecular weight is 327 g/mol. The van der Waals surface area contributed by atoms with Crippen LogP contribution in [0.4, 0.5) is 5.69 Å². The molecule has 0 spiro atoms. The number of carbonyl (C=O) groups excluding carboxylic acids is 1. The highest BCUT2D eigenvalue weighted by Gasteiger charge is 2.06. The van der Waals surface area contributed by atoms with E-state index in [0.717, 1.165) is 30.6 Å². The van der Waals surface area contributed by atoms with E-state index in [4.69, 9.17) is 0 Å². The first kappa shape index (κ1) is 17.6. The predicted octanol–water partition coefficient (Wildman–Crippen LogP) is 2.63. The van der Waals surface area contributed by atoms with Crippen molar-refractivity contribution in [2.45, 2.75) is 13.0 Å². The summed E-state index contributed by atoms with van der Waals surface area (Å²) in [5, 5.41) is 13.2. The predicted molar refractivity (Wildman–Crippen MR) is 93.0 cm³/mol. The van der Waals surface area contributed by atoms with Crippen molar-refractivity contribution in [1.29, 1.82) is 0 Å². The third-order valence-corrected chi connectivity index (χ3v) is 3.83. The minimum atomic E-state index is -0.391. The molecule has 2 rings (SSSR count). The molecular weight excluding hydrogens is 306 g/mol. The van der Waals surface area contributed by atoms with Gasteiger partial charge in [0.1, 0.15) is 0 Å². The number of likely N-dealkylation sites (N-methyl/N-ethyl adjacent to an activating group) is 1. The Kier molecular flexibility index (Phi) is 6.03. The van der Waals surface area contributed by atoms with Crippen LogP contribution in [0.15, 0.2) is 48.5 Å². The van der Waals surface area contributed by atoms with E-state index in [9.17, 15) is 14.9 Å². The first-order valence-corrected chi connectivity index (χ1v) is 7.72. The average Bonchev–Trinajstić information content (AvgIpc) is 2.60. The number of hydrogen-bond donors (Lipinski definition) is 1. The van der Waals surface area contributed by atoms with Gasteiger partial charge in [-0.3, -0.25) is 14.9 Å². The highest BCUT2D eigenvalue weighted by Crippen LogP contribution is 2.13. The summed E-state index contributed by atoms with van der Waals surface area (Å²) in [6.07, 6.45) is 0.824. The Morgan fingerprint density at radius 3 is 2.21 bits per heavy atom. The van der Waals surface area contributed by atoms with Crippen molar-refractivity contribution in [3.8, 4) is 0 Å². The van der Waals surface area contributed by atoms with Crippen LogP contribution in [0.2, 0.25) is 0 Å². The number of hydrogen-bond acceptors (Lipinski definition) is 4. The van der Waals surface area contributed by atoms with Gasteiger partial charge >= 0.3 is 0 Å². The van der Waals surface area contributed by atoms with E-state index in [-0.39, 0.29) is 11.6 Å². The molecule has 0 aliphatic rings. The monoisotopic (exact) mass is 327 g/mol. The largest absolute Gasteiger partial charge is 0.355 e. The number of benzene rings is 2. The van der Waals surface area contributed by atoms with Gasteiger partial charge in [-0.05, 0) is 36.7 Å². The van der Waals surface area contributed by atoms with Crippen LogP contribution in [0.25, 0.3) is 0 Å². The number of nitrogens with zero attached hydrogens (tertiary/aromatic N) is 2. The molecule has 1 amide bonds. The third-order valence-electron chi connectivity index (χ3n) is 3.83. The second-order valence-corrected chi connectivity index (χ2v) is 5.69. The molecular formula is C18H21N3O3. The van der Waals surface area contributed by atoms with Crippen molar-refractivity contribution in [1.82, 2.24) is 10.2 Å². The standard InChI is InChI=1S/C18H21N3O3/c1-19-18(22)16-7-3-15(4-8-16)13-20(2)12-11-14-5-9-17(10-6-14)21(23)24/h3-10H,11-13H2,1-2H3,(H,19,22). The van der Waals surface area contributed by atoms with Crippen LogP contribution in [-0.4, -0.2) is 36.4 Å². The Balaban J connectivity index is 1.85. The summed E-state index contributed by atoms with van der Waals surface area (Å²) in [4.78, 5) is 23.9. The number of nitro groups is 1. The SMILES string of the molecule is CNC(=O)c1ccc(CN(C)CCc2ccc([N+](=O)[O-])cc2)cc1. The van der Waals surface area contributed by atoms with E-state index in [1.165, 1.54) is 12.1 Å². The lowest BCUT2D eigenvalue weighted by Gasteiger charge is -2.17. The second-order valence-electron chi connectivity index (χ2n) is 5.69. The fraction of sp³-hybridized carbons (Fsp3) is 0.278. The van der Waals surface area contributed by atoms with Gasteiger partial charge in [-0.2, -0.15) is 0 Å². The Morgan fingerprint density at radius 1 is 1.08 bits per heavy atom. The van der Waals surface area contributed by atoms with Crippen molar-refractivity contribution in [3.05, 3.63) is 75.3 Å². The summed E-state index contributed by atoms with van der Waals surface area (Å²) in [6.45, 7) is 1.62. The maximum absolute atomic E-state index is 11.5. The van der Waals surface area contributed by atoms with Crippen LogP contribution in [-0.2, 0) is 13.0 Å². The lowest BCUT2D eigenvalue weighted by molar-refractivity contribution is -0.384.